The number of carbonyl (C=O) groups excluding carboxylic acids is 1. The van der Waals surface area contributed by atoms with Crippen molar-refractivity contribution in [1.82, 2.24) is 4.98 Å². The molecule has 0 aliphatic heterocycles. The van der Waals surface area contributed by atoms with Gasteiger partial charge in [0, 0.05) is 5.69 Å². The number of nitrogens with zero attached hydrogens (tertiary/aromatic N) is 1. The monoisotopic (exact) mass is 246 g/mol. The first-order valence-electron chi connectivity index (χ1n) is 4.90. The molecule has 0 bridgehead atoms. The zero-order valence-electron chi connectivity index (χ0n) is 9.34. The lowest BCUT2D eigenvalue weighted by Gasteiger charge is -1.98. The van der Waals surface area contributed by atoms with E-state index in [9.17, 15) is 9.59 Å². The van der Waals surface area contributed by atoms with Gasteiger partial charge in [0.15, 0.2) is 0 Å². The van der Waals surface area contributed by atoms with Crippen molar-refractivity contribution >= 4 is 18.0 Å². The number of H-pyrrole nitrogens is 1. The minimum atomic E-state index is -1.12. The quantitative estimate of drug-likeness (QED) is 0.353. The highest BCUT2D eigenvalue weighted by atomic mass is 16.5. The van der Waals surface area contributed by atoms with Crippen LogP contribution >= 0.6 is 0 Å². The fourth-order valence-electron chi connectivity index (χ4n) is 1.13. The van der Waals surface area contributed by atoms with Crippen LogP contribution in [0.4, 0.5) is 0 Å². The molecule has 0 fully saturated rings. The molecule has 0 amide bonds. The van der Waals surface area contributed by atoms with Gasteiger partial charge in [-0.1, -0.05) is 12.7 Å². The lowest BCUT2D eigenvalue weighted by Crippen LogP contribution is -2.06. The van der Waals surface area contributed by atoms with E-state index >= 15 is 0 Å². The molecule has 0 aliphatic carbocycles. The molecule has 18 heavy (non-hydrogen) atoms. The lowest BCUT2D eigenvalue weighted by molar-refractivity contribution is -0.137. The third-order valence-electron chi connectivity index (χ3n) is 1.91. The molecule has 0 saturated carbocycles. The number of esters is 1. The molecule has 6 nitrogen and oxygen atoms in total. The number of hydrogen-bond donors (Lipinski definition) is 2. The van der Waals surface area contributed by atoms with Gasteiger partial charge in [-0.15, -0.1) is 0 Å². The molecule has 0 radical (unpaired) electrons. The van der Waals surface area contributed by atoms with Crippen molar-refractivity contribution in [3.8, 4) is 6.07 Å². The van der Waals surface area contributed by atoms with Gasteiger partial charge >= 0.3 is 11.9 Å². The van der Waals surface area contributed by atoms with Gasteiger partial charge in [0.2, 0.25) is 0 Å². The van der Waals surface area contributed by atoms with Crippen LogP contribution in [0.15, 0.2) is 30.4 Å². The fourth-order valence-corrected chi connectivity index (χ4v) is 1.13. The summed E-state index contributed by atoms with van der Waals surface area (Å²) in [6.07, 6.45) is 2.60. The van der Waals surface area contributed by atoms with Crippen molar-refractivity contribution in [3.05, 3.63) is 41.7 Å². The van der Waals surface area contributed by atoms with Crippen LogP contribution in [0.5, 0.6) is 0 Å². The van der Waals surface area contributed by atoms with Crippen molar-refractivity contribution in [3.63, 3.8) is 0 Å². The number of aromatic amines is 1. The van der Waals surface area contributed by atoms with Crippen LogP contribution < -0.4 is 0 Å². The number of nitrogens with one attached hydrogen (secondary N) is 1. The van der Waals surface area contributed by atoms with Crippen LogP contribution in [-0.4, -0.2) is 28.6 Å². The molecule has 0 atom stereocenters. The van der Waals surface area contributed by atoms with Crippen molar-refractivity contribution in [2.45, 2.75) is 0 Å². The number of carbonyl (C=O) groups is 2. The van der Waals surface area contributed by atoms with Gasteiger partial charge in [-0.05, 0) is 18.2 Å². The molecule has 6 heteroatoms. The Morgan fingerprint density at radius 1 is 1.56 bits per heavy atom. The molecule has 92 valence electrons. The summed E-state index contributed by atoms with van der Waals surface area (Å²) in [4.78, 5) is 24.5. The minimum Gasteiger partial charge on any atom is -0.477 e. The number of rotatable bonds is 5. The number of carboxylic acids is 1. The van der Waals surface area contributed by atoms with Crippen LogP contribution in [-0.2, 0) is 9.53 Å². The number of aromatic carboxylic acids is 1. The van der Waals surface area contributed by atoms with Crippen molar-refractivity contribution in [2.24, 2.45) is 0 Å². The molecule has 0 spiro atoms. The maximum Gasteiger partial charge on any atom is 0.352 e. The zero-order valence-corrected chi connectivity index (χ0v) is 9.34. The Labute approximate surface area is 103 Å². The van der Waals surface area contributed by atoms with E-state index in [0.717, 1.165) is 0 Å². The van der Waals surface area contributed by atoms with Gasteiger partial charge in [-0.25, -0.2) is 9.59 Å². The maximum atomic E-state index is 11.4. The van der Waals surface area contributed by atoms with E-state index in [0.29, 0.717) is 5.69 Å². The minimum absolute atomic E-state index is 0.00293. The normalized spacial score (nSPS) is 10.5. The van der Waals surface area contributed by atoms with E-state index in [1.807, 2.05) is 0 Å². The van der Waals surface area contributed by atoms with Gasteiger partial charge in [0.25, 0.3) is 0 Å². The Morgan fingerprint density at radius 2 is 2.28 bits per heavy atom. The zero-order chi connectivity index (χ0) is 13.5. The summed E-state index contributed by atoms with van der Waals surface area (Å²) in [7, 11) is 0. The van der Waals surface area contributed by atoms with E-state index in [4.69, 9.17) is 15.1 Å². The fraction of sp³-hybridized carbons (Fsp3) is 0.0833. The topological polar surface area (TPSA) is 103 Å². The lowest BCUT2D eigenvalue weighted by atomic mass is 10.2. The highest BCUT2D eigenvalue weighted by Crippen LogP contribution is 2.08. The highest BCUT2D eigenvalue weighted by Gasteiger charge is 2.11. The second kappa shape index (κ2) is 6.06. The first-order valence-corrected chi connectivity index (χ1v) is 4.90. The van der Waals surface area contributed by atoms with Gasteiger partial charge in [0.05, 0.1) is 0 Å². The average Bonchev–Trinajstić information content (AvgIpc) is 2.81. The molecule has 0 aromatic carbocycles. The summed E-state index contributed by atoms with van der Waals surface area (Å²) < 4.78 is 4.69. The van der Waals surface area contributed by atoms with Gasteiger partial charge in [-0.2, -0.15) is 5.26 Å². The first-order chi connectivity index (χ1) is 8.58. The summed E-state index contributed by atoms with van der Waals surface area (Å²) in [5.74, 6) is -1.91. The van der Waals surface area contributed by atoms with Crippen molar-refractivity contribution in [2.75, 3.05) is 6.61 Å². The first kappa shape index (κ1) is 13.3. The Hall–Kier alpha value is -2.81. The standard InChI is InChI=1S/C12H10N2O4/c1-2-5-18-12(17)8(7-13)6-9-3-4-10(14-9)11(15)16/h2-4,6,14H,1,5H2,(H,15,16)/b8-6+. The maximum absolute atomic E-state index is 11.4. The highest BCUT2D eigenvalue weighted by molar-refractivity contribution is 5.98. The molecule has 2 N–H and O–H groups in total. The summed E-state index contributed by atoms with van der Waals surface area (Å²) in [5, 5.41) is 17.5. The van der Waals surface area contributed by atoms with Gasteiger partial charge < -0.3 is 14.8 Å². The molecule has 0 aliphatic rings. The Bertz CT molecular complexity index is 549. The number of nitriles is 1. The summed E-state index contributed by atoms with van der Waals surface area (Å²) in [5.41, 5.74) is 0.0770. The van der Waals surface area contributed by atoms with Gasteiger partial charge in [-0.3, -0.25) is 0 Å². The summed E-state index contributed by atoms with van der Waals surface area (Å²) in [6.45, 7) is 3.38. The number of hydrogen-bond acceptors (Lipinski definition) is 4. The number of aromatic nitrogens is 1. The molecular formula is C12H10N2O4. The van der Waals surface area contributed by atoms with Gasteiger partial charge in [0.1, 0.15) is 23.9 Å². The van der Waals surface area contributed by atoms with Crippen molar-refractivity contribution in [1.29, 1.82) is 5.26 Å². The SMILES string of the molecule is C=CCOC(=O)/C(C#N)=C/c1ccc(C(=O)O)[nH]1. The number of ether oxygens (including phenoxy) is 1. The van der Waals surface area contributed by atoms with E-state index in [-0.39, 0.29) is 17.9 Å². The Balaban J connectivity index is 2.90. The third kappa shape index (κ3) is 3.35. The number of carboxylic acid groups (broad SMARTS) is 1. The summed E-state index contributed by atoms with van der Waals surface area (Å²) in [6, 6.07) is 4.46. The van der Waals surface area contributed by atoms with E-state index in [1.165, 1.54) is 24.3 Å². The van der Waals surface area contributed by atoms with Crippen LogP contribution in [0.25, 0.3) is 6.08 Å². The molecule has 1 heterocycles. The second-order valence-corrected chi connectivity index (χ2v) is 3.19. The van der Waals surface area contributed by atoms with Crippen LogP contribution in [0.1, 0.15) is 16.2 Å². The molecule has 0 saturated heterocycles. The molecule has 0 unspecified atom stereocenters. The smallest absolute Gasteiger partial charge is 0.352 e. The van der Waals surface area contributed by atoms with Crippen LogP contribution in [0.3, 0.4) is 0 Å². The van der Waals surface area contributed by atoms with E-state index < -0.39 is 11.9 Å². The van der Waals surface area contributed by atoms with Crippen molar-refractivity contribution < 1.29 is 19.4 Å². The van der Waals surface area contributed by atoms with E-state index in [2.05, 4.69) is 11.6 Å². The molecular weight excluding hydrogens is 236 g/mol. The predicted molar refractivity (Wildman–Crippen MR) is 62.5 cm³/mol. The molecule has 1 aromatic heterocycles. The molecule has 1 aromatic rings. The Morgan fingerprint density at radius 3 is 2.78 bits per heavy atom. The average molecular weight is 246 g/mol. The van der Waals surface area contributed by atoms with E-state index in [1.54, 1.807) is 6.07 Å². The molecule has 1 rings (SSSR count). The third-order valence-corrected chi connectivity index (χ3v) is 1.91. The summed E-state index contributed by atoms with van der Waals surface area (Å²) >= 11 is 0. The Kier molecular flexibility index (Phi) is 4.46. The van der Waals surface area contributed by atoms with Crippen LogP contribution in [0, 0.1) is 11.3 Å². The van der Waals surface area contributed by atoms with Crippen LogP contribution in [0.2, 0.25) is 0 Å². The largest absolute Gasteiger partial charge is 0.477 e. The second-order valence-electron chi connectivity index (χ2n) is 3.19. The predicted octanol–water partition coefficient (Wildman–Crippen LogP) is 1.35.